The molecule has 0 fully saturated rings. The Kier molecular flexibility index (Phi) is 4.17. The second kappa shape index (κ2) is 4.99. The molecule has 1 aromatic carbocycles. The lowest BCUT2D eigenvalue weighted by Crippen LogP contribution is -2.10. The SMILES string of the molecule is COc1cc(C)c(C)cc1C(O)C(C)Br. The molecule has 3 heteroatoms. The number of methoxy groups -OCH3 is 1. The van der Waals surface area contributed by atoms with Crippen molar-refractivity contribution in [2.45, 2.75) is 31.7 Å². The van der Waals surface area contributed by atoms with Crippen LogP contribution in [0.4, 0.5) is 0 Å². The number of ether oxygens (including phenoxy) is 1. The molecule has 1 rings (SSSR count). The molecule has 0 aromatic heterocycles. The number of rotatable bonds is 3. The van der Waals surface area contributed by atoms with Gasteiger partial charge in [-0.2, -0.15) is 0 Å². The van der Waals surface area contributed by atoms with Gasteiger partial charge in [-0.05, 0) is 44.0 Å². The van der Waals surface area contributed by atoms with Crippen LogP contribution in [-0.2, 0) is 0 Å². The first-order chi connectivity index (χ1) is 6.97. The van der Waals surface area contributed by atoms with E-state index >= 15 is 0 Å². The number of aryl methyl sites for hydroxylation is 2. The first-order valence-corrected chi connectivity index (χ1v) is 5.86. The fourth-order valence-electron chi connectivity index (χ4n) is 1.47. The maximum atomic E-state index is 10.00. The summed E-state index contributed by atoms with van der Waals surface area (Å²) >= 11 is 3.38. The summed E-state index contributed by atoms with van der Waals surface area (Å²) in [5.74, 6) is 0.747. The molecule has 2 unspecified atom stereocenters. The molecule has 1 N–H and O–H groups in total. The van der Waals surface area contributed by atoms with Crippen LogP contribution in [-0.4, -0.2) is 17.0 Å². The summed E-state index contributed by atoms with van der Waals surface area (Å²) in [4.78, 5) is 0.00788. The summed E-state index contributed by atoms with van der Waals surface area (Å²) < 4.78 is 5.27. The third-order valence-corrected chi connectivity index (χ3v) is 3.10. The normalized spacial score (nSPS) is 14.8. The van der Waals surface area contributed by atoms with Crippen LogP contribution in [0.5, 0.6) is 5.75 Å². The summed E-state index contributed by atoms with van der Waals surface area (Å²) in [6.45, 7) is 5.98. The van der Waals surface area contributed by atoms with E-state index in [2.05, 4.69) is 15.9 Å². The maximum Gasteiger partial charge on any atom is 0.124 e. The molecular weight excluding hydrogens is 256 g/mol. The van der Waals surface area contributed by atoms with Gasteiger partial charge in [0, 0.05) is 10.4 Å². The molecule has 2 nitrogen and oxygen atoms in total. The van der Waals surface area contributed by atoms with Crippen molar-refractivity contribution in [3.63, 3.8) is 0 Å². The lowest BCUT2D eigenvalue weighted by molar-refractivity contribution is 0.177. The second-order valence-corrected chi connectivity index (χ2v) is 5.25. The van der Waals surface area contributed by atoms with E-state index in [0.717, 1.165) is 16.9 Å². The fraction of sp³-hybridized carbons (Fsp3) is 0.500. The molecule has 0 spiro atoms. The third-order valence-electron chi connectivity index (χ3n) is 2.60. The van der Waals surface area contributed by atoms with Crippen LogP contribution < -0.4 is 4.74 Å². The fourth-order valence-corrected chi connectivity index (χ4v) is 1.75. The average Bonchev–Trinajstić information content (AvgIpc) is 2.20. The third kappa shape index (κ3) is 2.73. The van der Waals surface area contributed by atoms with E-state index in [-0.39, 0.29) is 4.83 Å². The molecule has 2 atom stereocenters. The van der Waals surface area contributed by atoms with E-state index in [9.17, 15) is 5.11 Å². The van der Waals surface area contributed by atoms with Crippen LogP contribution in [0.2, 0.25) is 0 Å². The van der Waals surface area contributed by atoms with Gasteiger partial charge >= 0.3 is 0 Å². The highest BCUT2D eigenvalue weighted by Crippen LogP contribution is 2.32. The molecule has 0 heterocycles. The van der Waals surface area contributed by atoms with Gasteiger partial charge in [0.25, 0.3) is 0 Å². The molecule has 15 heavy (non-hydrogen) atoms. The van der Waals surface area contributed by atoms with Crippen molar-refractivity contribution in [3.8, 4) is 5.75 Å². The lowest BCUT2D eigenvalue weighted by Gasteiger charge is -2.18. The second-order valence-electron chi connectivity index (χ2n) is 3.80. The Balaban J connectivity index is 3.21. The monoisotopic (exact) mass is 272 g/mol. The molecule has 0 amide bonds. The van der Waals surface area contributed by atoms with E-state index in [0.29, 0.717) is 0 Å². The highest BCUT2D eigenvalue weighted by atomic mass is 79.9. The van der Waals surface area contributed by atoms with Crippen LogP contribution in [0, 0.1) is 13.8 Å². The summed E-state index contributed by atoms with van der Waals surface area (Å²) in [7, 11) is 1.62. The summed E-state index contributed by atoms with van der Waals surface area (Å²) in [6, 6.07) is 3.94. The molecule has 1 aromatic rings. The molecule has 0 saturated carbocycles. The predicted octanol–water partition coefficient (Wildman–Crippen LogP) is 3.13. The van der Waals surface area contributed by atoms with Gasteiger partial charge in [-0.1, -0.05) is 15.9 Å². The Morgan fingerprint density at radius 2 is 1.80 bits per heavy atom. The highest BCUT2D eigenvalue weighted by Gasteiger charge is 2.18. The molecule has 0 aliphatic heterocycles. The van der Waals surface area contributed by atoms with Gasteiger partial charge in [0.1, 0.15) is 5.75 Å². The molecule has 0 radical (unpaired) electrons. The molecule has 0 saturated heterocycles. The standard InChI is InChI=1S/C12H17BrO2/c1-7-5-10(12(14)9(3)13)11(15-4)6-8(7)2/h5-6,9,12,14H,1-4H3. The number of benzene rings is 1. The van der Waals surface area contributed by atoms with Crippen LogP contribution in [0.1, 0.15) is 29.7 Å². The van der Waals surface area contributed by atoms with E-state index in [1.807, 2.05) is 32.9 Å². The number of halogens is 1. The molecular formula is C12H17BrO2. The van der Waals surface area contributed by atoms with Gasteiger partial charge in [-0.25, -0.2) is 0 Å². The van der Waals surface area contributed by atoms with Crippen molar-refractivity contribution in [1.29, 1.82) is 0 Å². The Morgan fingerprint density at radius 3 is 2.27 bits per heavy atom. The lowest BCUT2D eigenvalue weighted by atomic mass is 10.00. The van der Waals surface area contributed by atoms with Crippen molar-refractivity contribution in [2.75, 3.05) is 7.11 Å². The number of alkyl halides is 1. The zero-order chi connectivity index (χ0) is 11.6. The number of aliphatic hydroxyl groups is 1. The quantitative estimate of drug-likeness (QED) is 0.857. The van der Waals surface area contributed by atoms with Gasteiger partial charge in [-0.15, -0.1) is 0 Å². The minimum Gasteiger partial charge on any atom is -0.496 e. The average molecular weight is 273 g/mol. The van der Waals surface area contributed by atoms with Crippen molar-refractivity contribution in [3.05, 3.63) is 28.8 Å². The summed E-state index contributed by atoms with van der Waals surface area (Å²) in [5.41, 5.74) is 3.17. The largest absolute Gasteiger partial charge is 0.496 e. The maximum absolute atomic E-state index is 10.00. The number of hydrogen-bond acceptors (Lipinski definition) is 2. The number of hydrogen-bond donors (Lipinski definition) is 1. The Morgan fingerprint density at radius 1 is 1.27 bits per heavy atom. The van der Waals surface area contributed by atoms with Crippen molar-refractivity contribution < 1.29 is 9.84 Å². The van der Waals surface area contributed by atoms with Crippen LogP contribution in [0.3, 0.4) is 0 Å². The minimum absolute atomic E-state index is 0.00788. The van der Waals surface area contributed by atoms with E-state index in [1.165, 1.54) is 5.56 Å². The molecule has 0 bridgehead atoms. The topological polar surface area (TPSA) is 29.5 Å². The Bertz CT molecular complexity index is 348. The minimum atomic E-state index is -0.542. The predicted molar refractivity (Wildman–Crippen MR) is 65.8 cm³/mol. The molecule has 0 aliphatic rings. The zero-order valence-electron chi connectivity index (χ0n) is 9.54. The molecule has 84 valence electrons. The van der Waals surface area contributed by atoms with Gasteiger partial charge in [0.2, 0.25) is 0 Å². The van der Waals surface area contributed by atoms with Gasteiger partial charge < -0.3 is 9.84 Å². The van der Waals surface area contributed by atoms with Crippen LogP contribution in [0.25, 0.3) is 0 Å². The van der Waals surface area contributed by atoms with Crippen molar-refractivity contribution >= 4 is 15.9 Å². The highest BCUT2D eigenvalue weighted by molar-refractivity contribution is 9.09. The van der Waals surface area contributed by atoms with Crippen molar-refractivity contribution in [1.82, 2.24) is 0 Å². The summed E-state index contributed by atoms with van der Waals surface area (Å²) in [5, 5.41) is 10.00. The van der Waals surface area contributed by atoms with Crippen LogP contribution in [0.15, 0.2) is 12.1 Å². The van der Waals surface area contributed by atoms with E-state index in [4.69, 9.17) is 4.74 Å². The zero-order valence-corrected chi connectivity index (χ0v) is 11.1. The smallest absolute Gasteiger partial charge is 0.124 e. The van der Waals surface area contributed by atoms with Gasteiger partial charge in [0.15, 0.2) is 0 Å². The molecule has 0 aliphatic carbocycles. The van der Waals surface area contributed by atoms with Crippen LogP contribution >= 0.6 is 15.9 Å². The first kappa shape index (κ1) is 12.5. The first-order valence-electron chi connectivity index (χ1n) is 4.94. The number of aliphatic hydroxyl groups excluding tert-OH is 1. The van der Waals surface area contributed by atoms with Gasteiger partial charge in [-0.3, -0.25) is 0 Å². The summed E-state index contributed by atoms with van der Waals surface area (Å²) in [6.07, 6.45) is -0.542. The Labute approximate surface area is 99.4 Å². The van der Waals surface area contributed by atoms with Crippen molar-refractivity contribution in [2.24, 2.45) is 0 Å². The van der Waals surface area contributed by atoms with E-state index < -0.39 is 6.10 Å². The van der Waals surface area contributed by atoms with Gasteiger partial charge in [0.05, 0.1) is 13.2 Å². The van der Waals surface area contributed by atoms with E-state index in [1.54, 1.807) is 7.11 Å². The Hall–Kier alpha value is -0.540.